The number of sulfonamides is 1. The number of fused-ring (bicyclic) bond motifs is 1. The molecule has 2 aromatic heterocycles. The molecular formula is C18H14F5N3O4S. The summed E-state index contributed by atoms with van der Waals surface area (Å²) in [6, 6.07) is 2.72. The van der Waals surface area contributed by atoms with E-state index in [-0.39, 0.29) is 22.3 Å². The highest BCUT2D eigenvalue weighted by atomic mass is 32.2. The number of H-pyrrole nitrogens is 1. The molecule has 0 radical (unpaired) electrons. The molecule has 0 aliphatic rings. The monoisotopic (exact) mass is 463 g/mol. The molecule has 0 amide bonds. The van der Waals surface area contributed by atoms with Crippen LogP contribution in [0.1, 0.15) is 22.3 Å². The van der Waals surface area contributed by atoms with Crippen molar-refractivity contribution < 1.29 is 39.9 Å². The smallest absolute Gasteiger partial charge is 0.390 e. The normalized spacial score (nSPS) is 12.2. The number of rotatable bonds is 7. The van der Waals surface area contributed by atoms with Crippen molar-refractivity contribution in [3.8, 4) is 5.75 Å². The van der Waals surface area contributed by atoms with Crippen LogP contribution in [0, 0.1) is 11.6 Å². The minimum absolute atomic E-state index is 0.143. The number of anilines is 1. The Bertz CT molecular complexity index is 1260. The van der Waals surface area contributed by atoms with Gasteiger partial charge in [0.1, 0.15) is 17.2 Å². The maximum atomic E-state index is 14.9. The van der Waals surface area contributed by atoms with Gasteiger partial charge in [0, 0.05) is 12.4 Å². The number of benzene rings is 1. The fourth-order valence-electron chi connectivity index (χ4n) is 2.82. The molecule has 166 valence electrons. The Morgan fingerprint density at radius 1 is 1.23 bits per heavy atom. The predicted molar refractivity (Wildman–Crippen MR) is 101 cm³/mol. The first-order valence-corrected chi connectivity index (χ1v) is 10.2. The lowest BCUT2D eigenvalue weighted by molar-refractivity contribution is -0.129. The third-order valence-electron chi connectivity index (χ3n) is 4.24. The first-order chi connectivity index (χ1) is 14.4. The van der Waals surface area contributed by atoms with Crippen LogP contribution >= 0.6 is 0 Å². The van der Waals surface area contributed by atoms with Gasteiger partial charge in [0.25, 0.3) is 0 Å². The van der Waals surface area contributed by atoms with Gasteiger partial charge in [-0.1, -0.05) is 0 Å². The zero-order chi connectivity index (χ0) is 23.0. The third kappa shape index (κ3) is 4.76. The Labute approximate surface area is 172 Å². The molecule has 2 N–H and O–H groups in total. The number of alkyl halides is 3. The molecule has 0 saturated heterocycles. The SMILES string of the molecule is COc1ccnc2[nH]cc(C(=O)c3c(F)ccc(NS(=O)(=O)CCC(F)(F)F)c3F)c12. The second kappa shape index (κ2) is 8.13. The maximum Gasteiger partial charge on any atom is 0.390 e. The molecule has 0 spiro atoms. The molecule has 1 aromatic carbocycles. The van der Waals surface area contributed by atoms with Crippen LogP contribution in [0.4, 0.5) is 27.6 Å². The molecule has 31 heavy (non-hydrogen) atoms. The molecule has 7 nitrogen and oxygen atoms in total. The Kier molecular flexibility index (Phi) is 5.89. The van der Waals surface area contributed by atoms with Crippen LogP contribution in [0.5, 0.6) is 5.75 Å². The molecular weight excluding hydrogens is 449 g/mol. The molecule has 0 atom stereocenters. The summed E-state index contributed by atoms with van der Waals surface area (Å²) in [6.07, 6.45) is -3.89. The van der Waals surface area contributed by atoms with Crippen molar-refractivity contribution in [2.75, 3.05) is 17.6 Å². The van der Waals surface area contributed by atoms with Gasteiger partial charge in [-0.05, 0) is 18.2 Å². The molecule has 2 heterocycles. The van der Waals surface area contributed by atoms with Crippen molar-refractivity contribution in [2.24, 2.45) is 0 Å². The number of halogens is 5. The van der Waals surface area contributed by atoms with Crippen molar-refractivity contribution >= 4 is 32.5 Å². The Balaban J connectivity index is 2.01. The standard InChI is InChI=1S/C18H14F5N3O4S/c1-30-12-4-6-24-17-13(12)9(8-25-17)16(27)14-10(19)2-3-11(15(14)20)26-31(28,29)7-5-18(21,22)23/h2-4,6,8,26H,5,7H2,1H3,(H,24,25). The summed E-state index contributed by atoms with van der Waals surface area (Å²) in [5.41, 5.74) is -1.96. The number of methoxy groups -OCH3 is 1. The summed E-state index contributed by atoms with van der Waals surface area (Å²) < 4.78 is 96.6. The number of nitrogens with zero attached hydrogens (tertiary/aromatic N) is 1. The van der Waals surface area contributed by atoms with Crippen molar-refractivity contribution in [2.45, 2.75) is 12.6 Å². The average Bonchev–Trinajstić information content (AvgIpc) is 3.12. The topological polar surface area (TPSA) is 101 Å². The third-order valence-corrected chi connectivity index (χ3v) is 5.51. The van der Waals surface area contributed by atoms with E-state index in [1.807, 2.05) is 0 Å². The number of hydrogen-bond donors (Lipinski definition) is 2. The second-order valence-corrected chi connectivity index (χ2v) is 8.18. The Hall–Kier alpha value is -3.22. The molecule has 0 aliphatic heterocycles. The van der Waals surface area contributed by atoms with Crippen LogP contribution in [0.3, 0.4) is 0 Å². The second-order valence-electron chi connectivity index (χ2n) is 6.34. The highest BCUT2D eigenvalue weighted by Gasteiger charge is 2.31. The minimum Gasteiger partial charge on any atom is -0.496 e. The number of carbonyl (C=O) groups excluding carboxylic acids is 1. The highest BCUT2D eigenvalue weighted by Crippen LogP contribution is 2.31. The van der Waals surface area contributed by atoms with Gasteiger partial charge in [-0.15, -0.1) is 0 Å². The van der Waals surface area contributed by atoms with Gasteiger partial charge < -0.3 is 9.72 Å². The van der Waals surface area contributed by atoms with Gasteiger partial charge in [-0.2, -0.15) is 13.2 Å². The van der Waals surface area contributed by atoms with E-state index in [4.69, 9.17) is 4.74 Å². The fraction of sp³-hybridized carbons (Fsp3) is 0.222. The van der Waals surface area contributed by atoms with Crippen LogP contribution in [0.2, 0.25) is 0 Å². The molecule has 0 aliphatic carbocycles. The van der Waals surface area contributed by atoms with Gasteiger partial charge in [0.15, 0.2) is 5.82 Å². The van der Waals surface area contributed by atoms with E-state index in [0.29, 0.717) is 12.1 Å². The summed E-state index contributed by atoms with van der Waals surface area (Å²) >= 11 is 0. The minimum atomic E-state index is -4.75. The molecule has 0 bridgehead atoms. The van der Waals surface area contributed by atoms with Crippen molar-refractivity contribution in [3.05, 3.63) is 53.4 Å². The summed E-state index contributed by atoms with van der Waals surface area (Å²) in [5, 5.41) is 0.143. The molecule has 0 saturated carbocycles. The number of aromatic amines is 1. The van der Waals surface area contributed by atoms with E-state index < -0.39 is 57.0 Å². The van der Waals surface area contributed by atoms with Gasteiger partial charge in [0.05, 0.1) is 41.5 Å². The molecule has 13 heteroatoms. The van der Waals surface area contributed by atoms with Crippen LogP contribution < -0.4 is 9.46 Å². The number of carbonyl (C=O) groups is 1. The lowest BCUT2D eigenvalue weighted by atomic mass is 10.0. The molecule has 0 unspecified atom stereocenters. The first kappa shape index (κ1) is 22.5. The summed E-state index contributed by atoms with van der Waals surface area (Å²) in [7, 11) is -3.31. The molecule has 0 fully saturated rings. The Morgan fingerprint density at radius 3 is 2.58 bits per heavy atom. The maximum absolute atomic E-state index is 14.9. The van der Waals surface area contributed by atoms with Crippen LogP contribution in [0.15, 0.2) is 30.6 Å². The number of ether oxygens (including phenoxy) is 1. The number of hydrogen-bond acceptors (Lipinski definition) is 5. The van der Waals surface area contributed by atoms with E-state index in [2.05, 4.69) is 9.97 Å². The zero-order valence-electron chi connectivity index (χ0n) is 15.7. The van der Waals surface area contributed by atoms with Gasteiger partial charge >= 0.3 is 6.18 Å². The lowest BCUT2D eigenvalue weighted by Gasteiger charge is -2.13. The molecule has 3 aromatic rings. The van der Waals surface area contributed by atoms with E-state index in [1.54, 1.807) is 4.72 Å². The van der Waals surface area contributed by atoms with Crippen LogP contribution in [-0.2, 0) is 10.0 Å². The van der Waals surface area contributed by atoms with Crippen LogP contribution in [0.25, 0.3) is 11.0 Å². The van der Waals surface area contributed by atoms with E-state index in [9.17, 15) is 35.2 Å². The van der Waals surface area contributed by atoms with Gasteiger partial charge in [-0.3, -0.25) is 9.52 Å². The van der Waals surface area contributed by atoms with Gasteiger partial charge in [-0.25, -0.2) is 22.2 Å². The summed E-state index contributed by atoms with van der Waals surface area (Å²) in [5.74, 6) is -5.19. The van der Waals surface area contributed by atoms with E-state index in [0.717, 1.165) is 6.20 Å². The van der Waals surface area contributed by atoms with Crippen molar-refractivity contribution in [1.29, 1.82) is 0 Å². The van der Waals surface area contributed by atoms with Crippen LogP contribution in [-0.4, -0.2) is 43.2 Å². The fourth-order valence-corrected chi connectivity index (χ4v) is 3.91. The lowest BCUT2D eigenvalue weighted by Crippen LogP contribution is -2.23. The number of pyridine rings is 1. The predicted octanol–water partition coefficient (Wildman–Crippen LogP) is 3.77. The average molecular weight is 463 g/mol. The van der Waals surface area contributed by atoms with E-state index in [1.165, 1.54) is 19.4 Å². The van der Waals surface area contributed by atoms with E-state index >= 15 is 0 Å². The zero-order valence-corrected chi connectivity index (χ0v) is 16.5. The summed E-state index contributed by atoms with van der Waals surface area (Å²) in [4.78, 5) is 19.5. The van der Waals surface area contributed by atoms with Crippen molar-refractivity contribution in [1.82, 2.24) is 9.97 Å². The highest BCUT2D eigenvalue weighted by molar-refractivity contribution is 7.92. The molecule has 3 rings (SSSR count). The number of aromatic nitrogens is 2. The van der Waals surface area contributed by atoms with Crippen molar-refractivity contribution in [3.63, 3.8) is 0 Å². The number of nitrogens with one attached hydrogen (secondary N) is 2. The summed E-state index contributed by atoms with van der Waals surface area (Å²) in [6.45, 7) is 0. The van der Waals surface area contributed by atoms with Gasteiger partial charge in [0.2, 0.25) is 15.8 Å². The number of ketones is 1. The Morgan fingerprint density at radius 2 is 1.94 bits per heavy atom. The quantitative estimate of drug-likeness (QED) is 0.410. The first-order valence-electron chi connectivity index (χ1n) is 8.53. The largest absolute Gasteiger partial charge is 0.496 e.